The molecule has 4 rings (SSSR count). The molecule has 8 nitrogen and oxygen atoms in total. The Morgan fingerprint density at radius 3 is 2.46 bits per heavy atom. The summed E-state index contributed by atoms with van der Waals surface area (Å²) in [6.07, 6.45) is 6.47. The highest BCUT2D eigenvalue weighted by molar-refractivity contribution is 5.87. The summed E-state index contributed by atoms with van der Waals surface area (Å²) in [5.74, 6) is 0.988. The number of phenols is 1. The lowest BCUT2D eigenvalue weighted by Gasteiger charge is -2.39. The average molecular weight is 515 g/mol. The van der Waals surface area contributed by atoms with E-state index in [1.54, 1.807) is 32.4 Å². The first-order valence-electron chi connectivity index (χ1n) is 13.5. The van der Waals surface area contributed by atoms with Gasteiger partial charge in [-0.2, -0.15) is 0 Å². The second-order valence-corrected chi connectivity index (χ2v) is 9.57. The van der Waals surface area contributed by atoms with E-state index < -0.39 is 0 Å². The zero-order chi connectivity index (χ0) is 27.5. The van der Waals surface area contributed by atoms with Crippen LogP contribution in [-0.2, 0) is 9.53 Å². The number of carbonyl (C=O) groups is 2. The fourth-order valence-corrected chi connectivity index (χ4v) is 4.92. The maximum atomic E-state index is 12.1. The minimum absolute atomic E-state index is 0.0928. The lowest BCUT2D eigenvalue weighted by molar-refractivity contribution is -0.136. The molecule has 206 valence electrons. The molecule has 1 unspecified atom stereocenters. The van der Waals surface area contributed by atoms with Crippen molar-refractivity contribution in [3.8, 4) is 5.75 Å². The van der Waals surface area contributed by atoms with Crippen LogP contribution < -0.4 is 5.32 Å². The first-order chi connectivity index (χ1) is 17.7. The SMILES string of the molecule is C=C(C1CCCCC1)N1CCN(CCOC)C(=O)C1.C=C1c2cc(O)ccc2C(C)NC(=O)N1C.CC. The molecule has 1 saturated heterocycles. The highest BCUT2D eigenvalue weighted by Gasteiger charge is 2.28. The Morgan fingerprint density at radius 1 is 1.16 bits per heavy atom. The van der Waals surface area contributed by atoms with E-state index in [2.05, 4.69) is 23.4 Å². The number of methoxy groups -OCH3 is 1. The third-order valence-electron chi connectivity index (χ3n) is 7.23. The van der Waals surface area contributed by atoms with Gasteiger partial charge in [-0.3, -0.25) is 9.69 Å². The third kappa shape index (κ3) is 7.99. The smallest absolute Gasteiger partial charge is 0.322 e. The number of nitrogens with zero attached hydrogens (tertiary/aromatic N) is 3. The van der Waals surface area contributed by atoms with Crippen LogP contribution >= 0.6 is 0 Å². The minimum atomic E-state index is -0.187. The third-order valence-corrected chi connectivity index (χ3v) is 7.23. The van der Waals surface area contributed by atoms with E-state index in [1.165, 1.54) is 42.7 Å². The molecule has 1 atom stereocenters. The van der Waals surface area contributed by atoms with Gasteiger partial charge in [-0.15, -0.1) is 0 Å². The number of ether oxygens (including phenoxy) is 1. The number of nitrogens with one attached hydrogen (secondary N) is 1. The predicted molar refractivity (Wildman–Crippen MR) is 149 cm³/mol. The van der Waals surface area contributed by atoms with Crippen molar-refractivity contribution in [3.63, 3.8) is 0 Å². The molecule has 0 bridgehead atoms. The van der Waals surface area contributed by atoms with Crippen LogP contribution in [0.5, 0.6) is 5.75 Å². The van der Waals surface area contributed by atoms with Crippen LogP contribution in [-0.4, -0.2) is 78.7 Å². The second-order valence-electron chi connectivity index (χ2n) is 9.57. The number of fused-ring (bicyclic) bond motifs is 1. The molecular formula is C29H46N4O4. The maximum absolute atomic E-state index is 12.1. The number of benzene rings is 1. The summed E-state index contributed by atoms with van der Waals surface area (Å²) in [7, 11) is 3.33. The molecule has 1 aromatic rings. The van der Waals surface area contributed by atoms with E-state index in [9.17, 15) is 14.7 Å². The Kier molecular flexibility index (Phi) is 12.0. The number of carbonyl (C=O) groups excluding carboxylic acids is 2. The standard InChI is InChI=1S/C15H26N2O2.C12H14N2O2.C2H6/c1-13(14-6-4-3-5-7-14)17-9-8-16(10-11-19-2)15(18)12-17;1-7-10-5-4-9(15)6-11(10)8(2)14(3)12(16)13-7;1-2/h14H,1,3-12H2,2H3;4-7,15H,2H2,1,3H3,(H,13,16);1-2H3. The molecule has 8 heteroatoms. The Bertz CT molecular complexity index is 942. The zero-order valence-electron chi connectivity index (χ0n) is 23.4. The molecule has 0 spiro atoms. The van der Waals surface area contributed by atoms with Crippen molar-refractivity contribution in [2.45, 2.75) is 58.9 Å². The van der Waals surface area contributed by atoms with Gasteiger partial charge in [0.2, 0.25) is 5.91 Å². The molecule has 1 aliphatic carbocycles. The van der Waals surface area contributed by atoms with Crippen molar-refractivity contribution in [3.05, 3.63) is 48.2 Å². The highest BCUT2D eigenvalue weighted by atomic mass is 16.5. The molecular weight excluding hydrogens is 468 g/mol. The number of hydrogen-bond acceptors (Lipinski definition) is 5. The van der Waals surface area contributed by atoms with Crippen LogP contribution in [0.2, 0.25) is 0 Å². The first-order valence-corrected chi connectivity index (χ1v) is 13.5. The molecule has 2 fully saturated rings. The van der Waals surface area contributed by atoms with E-state index in [-0.39, 0.29) is 23.7 Å². The Morgan fingerprint density at radius 2 is 1.84 bits per heavy atom. The molecule has 3 aliphatic rings. The molecule has 1 aromatic carbocycles. The number of rotatable bonds is 5. The van der Waals surface area contributed by atoms with Gasteiger partial charge in [0.15, 0.2) is 0 Å². The van der Waals surface area contributed by atoms with Crippen molar-refractivity contribution in [1.29, 1.82) is 0 Å². The van der Waals surface area contributed by atoms with Gasteiger partial charge in [-0.1, -0.05) is 52.3 Å². The highest BCUT2D eigenvalue weighted by Crippen LogP contribution is 2.32. The van der Waals surface area contributed by atoms with E-state index in [0.717, 1.165) is 24.2 Å². The monoisotopic (exact) mass is 514 g/mol. The number of hydrogen-bond donors (Lipinski definition) is 2. The van der Waals surface area contributed by atoms with Gasteiger partial charge in [0, 0.05) is 50.7 Å². The number of amides is 3. The molecule has 0 radical (unpaired) electrons. The maximum Gasteiger partial charge on any atom is 0.322 e. The quantitative estimate of drug-likeness (QED) is 0.579. The fourth-order valence-electron chi connectivity index (χ4n) is 4.92. The first kappa shape index (κ1) is 30.2. The Labute approximate surface area is 223 Å². The molecule has 0 aromatic heterocycles. The predicted octanol–water partition coefficient (Wildman–Crippen LogP) is 4.98. The van der Waals surface area contributed by atoms with Crippen molar-refractivity contribution < 1.29 is 19.4 Å². The molecule has 2 N–H and O–H groups in total. The summed E-state index contributed by atoms with van der Waals surface area (Å²) >= 11 is 0. The minimum Gasteiger partial charge on any atom is -0.508 e. The Hall–Kier alpha value is -3.00. The van der Waals surface area contributed by atoms with E-state index in [4.69, 9.17) is 4.74 Å². The Balaban J connectivity index is 0.000000247. The average Bonchev–Trinajstić information content (AvgIpc) is 2.99. The second kappa shape index (κ2) is 14.7. The van der Waals surface area contributed by atoms with Gasteiger partial charge in [0.25, 0.3) is 0 Å². The van der Waals surface area contributed by atoms with Crippen molar-refractivity contribution in [2.75, 3.05) is 46.9 Å². The summed E-state index contributed by atoms with van der Waals surface area (Å²) in [5, 5.41) is 12.3. The van der Waals surface area contributed by atoms with Gasteiger partial charge in [0.1, 0.15) is 5.75 Å². The van der Waals surface area contributed by atoms with Crippen LogP contribution in [0.4, 0.5) is 4.79 Å². The summed E-state index contributed by atoms with van der Waals surface area (Å²) < 4.78 is 5.04. The number of aromatic hydroxyl groups is 1. The van der Waals surface area contributed by atoms with Gasteiger partial charge in [0.05, 0.1) is 19.2 Å². The van der Waals surface area contributed by atoms with Gasteiger partial charge >= 0.3 is 6.03 Å². The van der Waals surface area contributed by atoms with Crippen LogP contribution in [0, 0.1) is 5.92 Å². The van der Waals surface area contributed by atoms with Crippen LogP contribution in [0.3, 0.4) is 0 Å². The lowest BCUT2D eigenvalue weighted by atomic mass is 9.86. The molecule has 2 aliphatic heterocycles. The summed E-state index contributed by atoms with van der Waals surface area (Å²) in [4.78, 5) is 29.3. The summed E-state index contributed by atoms with van der Waals surface area (Å²) in [6, 6.07) is 4.77. The molecule has 37 heavy (non-hydrogen) atoms. The van der Waals surface area contributed by atoms with Gasteiger partial charge in [-0.25, -0.2) is 4.79 Å². The fraction of sp³-hybridized carbons (Fsp3) is 0.586. The number of phenolic OH excluding ortho intramolecular Hbond substituents is 1. The largest absolute Gasteiger partial charge is 0.508 e. The van der Waals surface area contributed by atoms with E-state index >= 15 is 0 Å². The lowest BCUT2D eigenvalue weighted by Crippen LogP contribution is -2.51. The van der Waals surface area contributed by atoms with Crippen molar-refractivity contribution in [2.24, 2.45) is 5.92 Å². The van der Waals surface area contributed by atoms with Crippen LogP contribution in [0.25, 0.3) is 5.70 Å². The summed E-state index contributed by atoms with van der Waals surface area (Å²) in [5.41, 5.74) is 3.54. The van der Waals surface area contributed by atoms with Crippen molar-refractivity contribution in [1.82, 2.24) is 20.0 Å². The van der Waals surface area contributed by atoms with E-state index in [0.29, 0.717) is 31.3 Å². The number of piperazine rings is 1. The van der Waals surface area contributed by atoms with Crippen LogP contribution in [0.1, 0.15) is 70.0 Å². The van der Waals surface area contributed by atoms with Crippen molar-refractivity contribution >= 4 is 17.6 Å². The summed E-state index contributed by atoms with van der Waals surface area (Å²) in [6.45, 7) is 17.6. The topological polar surface area (TPSA) is 85.4 Å². The zero-order valence-corrected chi connectivity index (χ0v) is 23.4. The molecule has 3 amide bonds. The molecule has 1 saturated carbocycles. The number of allylic oxidation sites excluding steroid dienone is 1. The number of urea groups is 1. The normalized spacial score (nSPS) is 20.1. The molecule has 2 heterocycles. The van der Waals surface area contributed by atoms with Gasteiger partial charge < -0.3 is 25.0 Å². The van der Waals surface area contributed by atoms with E-state index in [1.807, 2.05) is 25.7 Å². The van der Waals surface area contributed by atoms with Gasteiger partial charge in [-0.05, 0) is 43.4 Å². The van der Waals surface area contributed by atoms with Crippen LogP contribution in [0.15, 0.2) is 37.1 Å².